The zero-order valence-electron chi connectivity index (χ0n) is 17.3. The monoisotopic (exact) mass is 428 g/mol. The van der Waals surface area contributed by atoms with E-state index in [1.807, 2.05) is 38.1 Å². The van der Waals surface area contributed by atoms with E-state index in [1.165, 1.54) is 4.90 Å². The van der Waals surface area contributed by atoms with Crippen molar-refractivity contribution in [3.63, 3.8) is 0 Å². The number of likely N-dealkylation sites (tertiary alicyclic amines) is 1. The highest BCUT2D eigenvalue weighted by Gasteiger charge is 2.45. The fourth-order valence-corrected chi connectivity index (χ4v) is 3.57. The van der Waals surface area contributed by atoms with Gasteiger partial charge in [-0.25, -0.2) is 0 Å². The third kappa shape index (κ3) is 4.50. The lowest BCUT2D eigenvalue weighted by molar-refractivity contribution is -0.140. The lowest BCUT2D eigenvalue weighted by Gasteiger charge is -2.26. The van der Waals surface area contributed by atoms with Crippen molar-refractivity contribution in [1.82, 2.24) is 9.80 Å². The summed E-state index contributed by atoms with van der Waals surface area (Å²) in [7, 11) is 3.80. The van der Waals surface area contributed by atoms with Crippen LogP contribution >= 0.6 is 11.6 Å². The van der Waals surface area contributed by atoms with E-state index in [1.54, 1.807) is 36.4 Å². The number of carbonyl (C=O) groups excluding carboxylic acids is 2. The van der Waals surface area contributed by atoms with Gasteiger partial charge in [0.1, 0.15) is 11.5 Å². The summed E-state index contributed by atoms with van der Waals surface area (Å²) in [6.45, 7) is 3.38. The molecule has 6 nitrogen and oxygen atoms in total. The maximum atomic E-state index is 12.9. The first-order valence-corrected chi connectivity index (χ1v) is 10.1. The van der Waals surface area contributed by atoms with Crippen molar-refractivity contribution in [3.05, 3.63) is 70.3 Å². The van der Waals surface area contributed by atoms with Gasteiger partial charge in [0.05, 0.1) is 18.2 Å². The van der Waals surface area contributed by atoms with Crippen LogP contribution in [0.4, 0.5) is 0 Å². The molecule has 0 bridgehead atoms. The molecule has 0 spiro atoms. The predicted octanol–water partition coefficient (Wildman–Crippen LogP) is 3.72. The lowest BCUT2D eigenvalue weighted by Crippen LogP contribution is -2.35. The summed E-state index contributed by atoms with van der Waals surface area (Å²) in [6.07, 6.45) is 0. The van der Waals surface area contributed by atoms with E-state index in [4.69, 9.17) is 16.3 Å². The van der Waals surface area contributed by atoms with E-state index >= 15 is 0 Å². The number of Topliss-reactive ketones (excluding diaryl/α,β-unsaturated/α-hetero) is 1. The molecule has 1 saturated heterocycles. The third-order valence-corrected chi connectivity index (χ3v) is 5.20. The molecule has 1 N–H and O–H groups in total. The van der Waals surface area contributed by atoms with Crippen LogP contribution in [-0.4, -0.2) is 60.4 Å². The summed E-state index contributed by atoms with van der Waals surface area (Å²) in [6, 6.07) is 13.1. The molecule has 7 heteroatoms. The second-order valence-electron chi connectivity index (χ2n) is 7.30. The SMILES string of the molecule is CCOc1ccc(C2/C(=C(/O)c3ccc(Cl)cc3)C(=O)C(=O)N2CCN(C)C)cc1. The lowest BCUT2D eigenvalue weighted by atomic mass is 9.95. The summed E-state index contributed by atoms with van der Waals surface area (Å²) >= 11 is 5.94. The van der Waals surface area contributed by atoms with Crippen LogP contribution in [0.1, 0.15) is 24.1 Å². The molecular formula is C23H25ClN2O4. The number of hydrogen-bond donors (Lipinski definition) is 1. The van der Waals surface area contributed by atoms with Crippen LogP contribution in [-0.2, 0) is 9.59 Å². The molecule has 2 aromatic rings. The zero-order chi connectivity index (χ0) is 21.8. The highest BCUT2D eigenvalue weighted by molar-refractivity contribution is 6.46. The predicted molar refractivity (Wildman–Crippen MR) is 117 cm³/mol. The van der Waals surface area contributed by atoms with Gasteiger partial charge in [-0.15, -0.1) is 0 Å². The first kappa shape index (κ1) is 21.9. The molecule has 0 aliphatic carbocycles. The summed E-state index contributed by atoms with van der Waals surface area (Å²) in [5.74, 6) is -0.827. The number of hydrogen-bond acceptors (Lipinski definition) is 5. The number of ketones is 1. The Kier molecular flexibility index (Phi) is 6.80. The van der Waals surface area contributed by atoms with Crippen molar-refractivity contribution >= 4 is 29.1 Å². The first-order chi connectivity index (χ1) is 14.3. The number of halogens is 1. The van der Waals surface area contributed by atoms with Crippen molar-refractivity contribution < 1.29 is 19.4 Å². The minimum absolute atomic E-state index is 0.0743. The molecular weight excluding hydrogens is 404 g/mol. The Hall–Kier alpha value is -2.83. The van der Waals surface area contributed by atoms with Gasteiger partial charge in [-0.05, 0) is 63.0 Å². The smallest absolute Gasteiger partial charge is 0.295 e. The van der Waals surface area contributed by atoms with Gasteiger partial charge in [-0.2, -0.15) is 0 Å². The van der Waals surface area contributed by atoms with Crippen molar-refractivity contribution in [1.29, 1.82) is 0 Å². The van der Waals surface area contributed by atoms with Crippen LogP contribution in [0.3, 0.4) is 0 Å². The number of nitrogens with zero attached hydrogens (tertiary/aromatic N) is 2. The third-order valence-electron chi connectivity index (χ3n) is 4.95. The number of aliphatic hydroxyl groups excluding tert-OH is 1. The van der Waals surface area contributed by atoms with Crippen molar-refractivity contribution in [2.75, 3.05) is 33.8 Å². The van der Waals surface area contributed by atoms with Crippen LogP contribution in [0.15, 0.2) is 54.1 Å². The quantitative estimate of drug-likeness (QED) is 0.413. The van der Waals surface area contributed by atoms with Gasteiger partial charge in [-0.3, -0.25) is 9.59 Å². The minimum atomic E-state index is -0.694. The molecule has 0 aromatic heterocycles. The van der Waals surface area contributed by atoms with Crippen LogP contribution in [0, 0.1) is 0 Å². The molecule has 1 fully saturated rings. The van der Waals surface area contributed by atoms with Crippen molar-refractivity contribution in [3.8, 4) is 5.75 Å². The number of benzene rings is 2. The van der Waals surface area contributed by atoms with E-state index in [0.717, 1.165) is 5.56 Å². The number of ether oxygens (including phenoxy) is 1. The molecule has 3 rings (SSSR count). The summed E-state index contributed by atoms with van der Waals surface area (Å²) in [5, 5.41) is 11.5. The van der Waals surface area contributed by atoms with E-state index in [2.05, 4.69) is 0 Å². The van der Waals surface area contributed by atoms with Crippen molar-refractivity contribution in [2.45, 2.75) is 13.0 Å². The number of aliphatic hydroxyl groups is 1. The molecule has 158 valence electrons. The fourth-order valence-electron chi connectivity index (χ4n) is 3.44. The van der Waals surface area contributed by atoms with E-state index in [-0.39, 0.29) is 11.3 Å². The maximum absolute atomic E-state index is 12.9. The Morgan fingerprint density at radius 3 is 2.30 bits per heavy atom. The standard InChI is InChI=1S/C23H25ClN2O4/c1-4-30-18-11-7-15(8-12-18)20-19(21(27)16-5-9-17(24)10-6-16)22(28)23(29)26(20)14-13-25(2)3/h5-12,20,27H,4,13-14H2,1-3H3/b21-19-. The molecule has 0 saturated carbocycles. The average Bonchev–Trinajstić information content (AvgIpc) is 2.98. The Bertz CT molecular complexity index is 952. The maximum Gasteiger partial charge on any atom is 0.295 e. The summed E-state index contributed by atoms with van der Waals surface area (Å²) in [5.41, 5.74) is 1.23. The van der Waals surface area contributed by atoms with E-state index < -0.39 is 17.7 Å². The molecule has 30 heavy (non-hydrogen) atoms. The zero-order valence-corrected chi connectivity index (χ0v) is 18.0. The Balaban J connectivity index is 2.10. The molecule has 1 amide bonds. The number of amides is 1. The number of likely N-dealkylation sites (N-methyl/N-ethyl adjacent to an activating group) is 1. The topological polar surface area (TPSA) is 70.1 Å². The number of rotatable bonds is 7. The van der Waals surface area contributed by atoms with Crippen LogP contribution < -0.4 is 4.74 Å². The average molecular weight is 429 g/mol. The molecule has 1 aliphatic rings. The highest BCUT2D eigenvalue weighted by atomic mass is 35.5. The highest BCUT2D eigenvalue weighted by Crippen LogP contribution is 2.39. The largest absolute Gasteiger partial charge is 0.507 e. The molecule has 2 aromatic carbocycles. The first-order valence-electron chi connectivity index (χ1n) is 9.75. The van der Waals surface area contributed by atoms with Crippen molar-refractivity contribution in [2.24, 2.45) is 0 Å². The molecule has 1 heterocycles. The molecule has 1 aliphatic heterocycles. The van der Waals surface area contributed by atoms with Crippen LogP contribution in [0.2, 0.25) is 5.02 Å². The van der Waals surface area contributed by atoms with Gasteiger partial charge in [0.15, 0.2) is 0 Å². The van der Waals surface area contributed by atoms with E-state index in [9.17, 15) is 14.7 Å². The Labute approximate surface area is 181 Å². The van der Waals surface area contributed by atoms with Gasteiger partial charge in [-0.1, -0.05) is 23.7 Å². The normalized spacial score (nSPS) is 18.3. The van der Waals surface area contributed by atoms with Gasteiger partial charge >= 0.3 is 0 Å². The van der Waals surface area contributed by atoms with Gasteiger partial charge in [0, 0.05) is 23.7 Å². The van der Waals surface area contributed by atoms with E-state index in [0.29, 0.717) is 36.0 Å². The second kappa shape index (κ2) is 9.32. The van der Waals surface area contributed by atoms with Gasteiger partial charge < -0.3 is 19.6 Å². The second-order valence-corrected chi connectivity index (χ2v) is 7.74. The molecule has 1 atom stereocenters. The van der Waals surface area contributed by atoms with Crippen LogP contribution in [0.5, 0.6) is 5.75 Å². The molecule has 1 unspecified atom stereocenters. The minimum Gasteiger partial charge on any atom is -0.507 e. The van der Waals surface area contributed by atoms with Gasteiger partial charge in [0.2, 0.25) is 0 Å². The number of carbonyl (C=O) groups is 2. The fraction of sp³-hybridized carbons (Fsp3) is 0.304. The van der Waals surface area contributed by atoms with Gasteiger partial charge in [0.25, 0.3) is 11.7 Å². The molecule has 0 radical (unpaired) electrons. The Morgan fingerprint density at radius 2 is 1.73 bits per heavy atom. The Morgan fingerprint density at radius 1 is 1.10 bits per heavy atom. The summed E-state index contributed by atoms with van der Waals surface area (Å²) < 4.78 is 5.50. The van der Waals surface area contributed by atoms with Crippen LogP contribution in [0.25, 0.3) is 5.76 Å². The summed E-state index contributed by atoms with van der Waals surface area (Å²) in [4.78, 5) is 29.2.